The first-order chi connectivity index (χ1) is 12.0. The summed E-state index contributed by atoms with van der Waals surface area (Å²) in [6.07, 6.45) is 3.14. The molecule has 0 spiro atoms. The lowest BCUT2D eigenvalue weighted by molar-refractivity contribution is -0.133. The smallest absolute Gasteiger partial charge is 0.237 e. The Kier molecular flexibility index (Phi) is 7.07. The normalized spacial score (nSPS) is 22.4. The van der Waals surface area contributed by atoms with Crippen LogP contribution in [0.1, 0.15) is 31.2 Å². The molecule has 0 saturated carbocycles. The molecule has 0 radical (unpaired) electrons. The zero-order valence-electron chi connectivity index (χ0n) is 15.0. The van der Waals surface area contributed by atoms with Crippen LogP contribution < -0.4 is 5.73 Å². The second-order valence-corrected chi connectivity index (χ2v) is 9.18. The quantitative estimate of drug-likeness (QED) is 0.825. The highest BCUT2D eigenvalue weighted by atomic mass is 35.5. The van der Waals surface area contributed by atoms with E-state index in [0.717, 1.165) is 19.3 Å². The van der Waals surface area contributed by atoms with Gasteiger partial charge in [-0.05, 0) is 31.2 Å². The van der Waals surface area contributed by atoms with Crippen LogP contribution in [0.15, 0.2) is 30.3 Å². The number of amides is 1. The summed E-state index contributed by atoms with van der Waals surface area (Å²) in [5.74, 6) is 0.0639. The van der Waals surface area contributed by atoms with E-state index in [-0.39, 0.29) is 36.0 Å². The number of rotatable bonds is 4. The van der Waals surface area contributed by atoms with Gasteiger partial charge < -0.3 is 10.6 Å². The van der Waals surface area contributed by atoms with Crippen LogP contribution >= 0.6 is 12.4 Å². The summed E-state index contributed by atoms with van der Waals surface area (Å²) in [5.41, 5.74) is 7.22. The van der Waals surface area contributed by atoms with E-state index in [9.17, 15) is 13.2 Å². The molecule has 2 N–H and O–H groups in total. The fourth-order valence-corrected chi connectivity index (χ4v) is 5.40. The number of hydrogen-bond donors (Lipinski definition) is 1. The molecule has 2 fully saturated rings. The zero-order chi connectivity index (χ0) is 17.9. The third-order valence-electron chi connectivity index (χ3n) is 5.61. The van der Waals surface area contributed by atoms with Gasteiger partial charge in [0.2, 0.25) is 15.9 Å². The van der Waals surface area contributed by atoms with Crippen LogP contribution in [-0.4, -0.2) is 62.0 Å². The summed E-state index contributed by atoms with van der Waals surface area (Å²) in [6.45, 7) is 2.24. The summed E-state index contributed by atoms with van der Waals surface area (Å²) in [7, 11) is -3.26. The number of carbonyl (C=O) groups excluding carboxylic acids is 1. The van der Waals surface area contributed by atoms with E-state index in [1.807, 2.05) is 18.2 Å². The minimum atomic E-state index is -3.26. The molecule has 146 valence electrons. The minimum Gasteiger partial charge on any atom is -0.341 e. The number of likely N-dealkylation sites (tertiary alicyclic amines) is 1. The van der Waals surface area contributed by atoms with Gasteiger partial charge in [0, 0.05) is 31.6 Å². The molecule has 1 aromatic rings. The number of halogens is 1. The number of piperidine rings is 1. The molecule has 26 heavy (non-hydrogen) atoms. The highest BCUT2D eigenvalue weighted by Crippen LogP contribution is 2.34. The van der Waals surface area contributed by atoms with Crippen molar-refractivity contribution in [1.29, 1.82) is 0 Å². The SMILES string of the molecule is Cl.NCC1(c2ccccc2)CCN(C(=O)CN2CCCCS2(=O)=O)CC1. The fraction of sp³-hybridized carbons (Fsp3) is 0.611. The zero-order valence-corrected chi connectivity index (χ0v) is 16.6. The summed E-state index contributed by atoms with van der Waals surface area (Å²) < 4.78 is 25.5. The van der Waals surface area contributed by atoms with Gasteiger partial charge in [0.15, 0.2) is 0 Å². The number of nitrogens with two attached hydrogens (primary N) is 1. The molecule has 0 atom stereocenters. The van der Waals surface area contributed by atoms with Crippen molar-refractivity contribution in [1.82, 2.24) is 9.21 Å². The number of carbonyl (C=O) groups is 1. The maximum absolute atomic E-state index is 12.6. The van der Waals surface area contributed by atoms with Crippen LogP contribution in [0, 0.1) is 0 Å². The van der Waals surface area contributed by atoms with E-state index in [0.29, 0.717) is 32.6 Å². The minimum absolute atomic E-state index is 0. The molecular weight excluding hydrogens is 374 g/mol. The molecule has 3 rings (SSSR count). The predicted molar refractivity (Wildman–Crippen MR) is 105 cm³/mol. The van der Waals surface area contributed by atoms with E-state index in [4.69, 9.17) is 5.73 Å². The Bertz CT molecular complexity index is 704. The molecule has 2 heterocycles. The Morgan fingerprint density at radius 3 is 2.31 bits per heavy atom. The van der Waals surface area contributed by atoms with Gasteiger partial charge in [-0.25, -0.2) is 8.42 Å². The van der Waals surface area contributed by atoms with E-state index in [1.165, 1.54) is 9.87 Å². The van der Waals surface area contributed by atoms with Crippen molar-refractivity contribution in [3.05, 3.63) is 35.9 Å². The van der Waals surface area contributed by atoms with Gasteiger partial charge in [0.05, 0.1) is 12.3 Å². The Morgan fingerprint density at radius 2 is 1.73 bits per heavy atom. The van der Waals surface area contributed by atoms with E-state index < -0.39 is 10.0 Å². The standard InChI is InChI=1S/C18H27N3O3S.ClH/c19-15-18(16-6-2-1-3-7-16)8-11-20(12-9-18)17(22)14-21-10-4-5-13-25(21,23)24;/h1-3,6-7H,4-5,8-15,19H2;1H. The molecule has 8 heteroatoms. The molecule has 6 nitrogen and oxygen atoms in total. The molecule has 0 aromatic heterocycles. The lowest BCUT2D eigenvalue weighted by Crippen LogP contribution is -2.51. The molecule has 1 amide bonds. The number of sulfonamides is 1. The second-order valence-electron chi connectivity index (χ2n) is 7.09. The second kappa shape index (κ2) is 8.69. The summed E-state index contributed by atoms with van der Waals surface area (Å²) in [5, 5.41) is 0. The van der Waals surface area contributed by atoms with Gasteiger partial charge in [-0.3, -0.25) is 4.79 Å². The van der Waals surface area contributed by atoms with E-state index in [2.05, 4.69) is 12.1 Å². The van der Waals surface area contributed by atoms with Crippen molar-refractivity contribution in [2.45, 2.75) is 31.1 Å². The lowest BCUT2D eigenvalue weighted by Gasteiger charge is -2.42. The van der Waals surface area contributed by atoms with Crippen LogP contribution in [0.5, 0.6) is 0 Å². The molecule has 0 bridgehead atoms. The first-order valence-electron chi connectivity index (χ1n) is 8.98. The van der Waals surface area contributed by atoms with Crippen molar-refractivity contribution in [3.8, 4) is 0 Å². The Balaban J connectivity index is 0.00000243. The van der Waals surface area contributed by atoms with Crippen LogP contribution in [0.25, 0.3) is 0 Å². The third-order valence-corrected chi connectivity index (χ3v) is 7.52. The predicted octanol–water partition coefficient (Wildman–Crippen LogP) is 1.35. The molecule has 0 unspecified atom stereocenters. The van der Waals surface area contributed by atoms with Gasteiger partial charge >= 0.3 is 0 Å². The number of hydrogen-bond acceptors (Lipinski definition) is 4. The highest BCUT2D eigenvalue weighted by Gasteiger charge is 2.37. The number of benzene rings is 1. The van der Waals surface area contributed by atoms with Crippen molar-refractivity contribution < 1.29 is 13.2 Å². The Morgan fingerprint density at radius 1 is 1.08 bits per heavy atom. The van der Waals surface area contributed by atoms with Gasteiger partial charge in [-0.15, -0.1) is 12.4 Å². The topological polar surface area (TPSA) is 83.7 Å². The fourth-order valence-electron chi connectivity index (χ4n) is 3.86. The molecule has 2 saturated heterocycles. The van der Waals surface area contributed by atoms with E-state index in [1.54, 1.807) is 4.90 Å². The van der Waals surface area contributed by atoms with Gasteiger partial charge in [-0.2, -0.15) is 4.31 Å². The van der Waals surface area contributed by atoms with Crippen LogP contribution in [0.2, 0.25) is 0 Å². The van der Waals surface area contributed by atoms with Crippen LogP contribution in [0.3, 0.4) is 0 Å². The van der Waals surface area contributed by atoms with Gasteiger partial charge in [0.25, 0.3) is 0 Å². The third kappa shape index (κ3) is 4.39. The molecular formula is C18H28ClN3O3S. The van der Waals surface area contributed by atoms with Gasteiger partial charge in [0.1, 0.15) is 0 Å². The highest BCUT2D eigenvalue weighted by molar-refractivity contribution is 7.89. The average molecular weight is 402 g/mol. The van der Waals surface area contributed by atoms with Crippen molar-refractivity contribution in [2.24, 2.45) is 5.73 Å². The molecule has 1 aromatic carbocycles. The summed E-state index contributed by atoms with van der Waals surface area (Å²) in [4.78, 5) is 14.4. The Labute approximate surface area is 162 Å². The summed E-state index contributed by atoms with van der Waals surface area (Å²) in [6, 6.07) is 10.2. The van der Waals surface area contributed by atoms with Crippen molar-refractivity contribution in [2.75, 3.05) is 38.5 Å². The Hall–Kier alpha value is -1.15. The van der Waals surface area contributed by atoms with Crippen molar-refractivity contribution >= 4 is 28.3 Å². The molecule has 2 aliphatic heterocycles. The number of nitrogens with zero attached hydrogens (tertiary/aromatic N) is 2. The lowest BCUT2D eigenvalue weighted by atomic mass is 9.73. The first-order valence-corrected chi connectivity index (χ1v) is 10.6. The van der Waals surface area contributed by atoms with Crippen molar-refractivity contribution in [3.63, 3.8) is 0 Å². The average Bonchev–Trinajstić information content (AvgIpc) is 2.64. The van der Waals surface area contributed by atoms with Crippen LogP contribution in [0.4, 0.5) is 0 Å². The largest absolute Gasteiger partial charge is 0.341 e. The molecule has 2 aliphatic rings. The maximum atomic E-state index is 12.6. The monoisotopic (exact) mass is 401 g/mol. The summed E-state index contributed by atoms with van der Waals surface area (Å²) >= 11 is 0. The molecule has 0 aliphatic carbocycles. The van der Waals surface area contributed by atoms with Gasteiger partial charge in [-0.1, -0.05) is 30.3 Å². The first kappa shape index (κ1) is 21.2. The van der Waals surface area contributed by atoms with E-state index >= 15 is 0 Å². The van der Waals surface area contributed by atoms with Crippen LogP contribution in [-0.2, 0) is 20.2 Å². The maximum Gasteiger partial charge on any atom is 0.237 e.